The Kier molecular flexibility index (Phi) is 4.13. The van der Waals surface area contributed by atoms with E-state index in [1.807, 2.05) is 32.6 Å². The third-order valence-corrected chi connectivity index (χ3v) is 3.86. The zero-order valence-electron chi connectivity index (χ0n) is 12.3. The predicted molar refractivity (Wildman–Crippen MR) is 71.5 cm³/mol. The second-order valence-corrected chi connectivity index (χ2v) is 6.04. The van der Waals surface area contributed by atoms with Gasteiger partial charge in [-0.05, 0) is 27.7 Å². The van der Waals surface area contributed by atoms with Crippen molar-refractivity contribution >= 4 is 11.8 Å². The van der Waals surface area contributed by atoms with E-state index in [1.165, 1.54) is 0 Å². The van der Waals surface area contributed by atoms with Crippen molar-refractivity contribution in [2.24, 2.45) is 5.92 Å². The molecule has 0 radical (unpaired) electrons. The Morgan fingerprint density at radius 2 is 1.79 bits per heavy atom. The molecule has 0 saturated carbocycles. The quantitative estimate of drug-likeness (QED) is 0.747. The third kappa shape index (κ3) is 3.08. The van der Waals surface area contributed by atoms with Crippen molar-refractivity contribution in [3.8, 4) is 0 Å². The van der Waals surface area contributed by atoms with Crippen molar-refractivity contribution in [2.45, 2.75) is 52.4 Å². The number of rotatable bonds is 2. The molecule has 0 unspecified atom stereocenters. The van der Waals surface area contributed by atoms with Crippen LogP contribution in [0.3, 0.4) is 0 Å². The zero-order chi connectivity index (χ0) is 14.2. The summed E-state index contributed by atoms with van der Waals surface area (Å²) in [6, 6.07) is 0.174. The molecule has 0 aromatic rings. The number of nitrogens with zero attached hydrogens (tertiary/aromatic N) is 2. The van der Waals surface area contributed by atoms with Crippen molar-refractivity contribution in [1.82, 2.24) is 9.80 Å². The molecule has 0 spiro atoms. The molecule has 5 heteroatoms. The second kappa shape index (κ2) is 5.49. The first kappa shape index (κ1) is 14.3. The van der Waals surface area contributed by atoms with Crippen LogP contribution in [0.2, 0.25) is 0 Å². The maximum atomic E-state index is 12.5. The van der Waals surface area contributed by atoms with E-state index in [2.05, 4.69) is 0 Å². The summed E-state index contributed by atoms with van der Waals surface area (Å²) in [7, 11) is 0. The average Bonchev–Trinajstić information content (AvgIpc) is 2.69. The van der Waals surface area contributed by atoms with Crippen LogP contribution in [0.25, 0.3) is 0 Å². The minimum atomic E-state index is -0.174. The van der Waals surface area contributed by atoms with Crippen LogP contribution >= 0.6 is 0 Å². The number of amides is 2. The highest BCUT2D eigenvalue weighted by Crippen LogP contribution is 2.23. The van der Waals surface area contributed by atoms with Gasteiger partial charge in [-0.3, -0.25) is 9.59 Å². The SMILES string of the molecule is CC(C)N1C[C@H](C(=O)N2C[C@@H](C)O[C@H](C)C2)CC1=O. The minimum Gasteiger partial charge on any atom is -0.372 e. The summed E-state index contributed by atoms with van der Waals surface area (Å²) in [4.78, 5) is 28.0. The first-order valence-corrected chi connectivity index (χ1v) is 7.12. The molecular formula is C14H24N2O3. The van der Waals surface area contributed by atoms with Crippen LogP contribution in [0.5, 0.6) is 0 Å². The summed E-state index contributed by atoms with van der Waals surface area (Å²) >= 11 is 0. The van der Waals surface area contributed by atoms with E-state index >= 15 is 0 Å². The van der Waals surface area contributed by atoms with E-state index in [0.29, 0.717) is 26.1 Å². The molecule has 0 aromatic carbocycles. The highest BCUT2D eigenvalue weighted by molar-refractivity contribution is 5.89. The Morgan fingerprint density at radius 3 is 2.26 bits per heavy atom. The molecule has 2 fully saturated rings. The first-order chi connectivity index (χ1) is 8.88. The summed E-state index contributed by atoms with van der Waals surface area (Å²) in [5.74, 6) is 0.0357. The summed E-state index contributed by atoms with van der Waals surface area (Å²) in [6.07, 6.45) is 0.508. The highest BCUT2D eigenvalue weighted by Gasteiger charge is 2.39. The Hall–Kier alpha value is -1.10. The van der Waals surface area contributed by atoms with Crippen LogP contribution in [0, 0.1) is 5.92 Å². The molecule has 2 amide bonds. The highest BCUT2D eigenvalue weighted by atomic mass is 16.5. The van der Waals surface area contributed by atoms with Crippen molar-refractivity contribution in [2.75, 3.05) is 19.6 Å². The monoisotopic (exact) mass is 268 g/mol. The number of carbonyl (C=O) groups excluding carboxylic acids is 2. The fourth-order valence-electron chi connectivity index (χ4n) is 3.01. The lowest BCUT2D eigenvalue weighted by atomic mass is 10.1. The first-order valence-electron chi connectivity index (χ1n) is 7.12. The molecule has 0 bridgehead atoms. The van der Waals surface area contributed by atoms with Crippen molar-refractivity contribution in [3.63, 3.8) is 0 Å². The average molecular weight is 268 g/mol. The minimum absolute atomic E-state index is 0.0750. The molecule has 0 N–H and O–H groups in total. The molecule has 19 heavy (non-hydrogen) atoms. The van der Waals surface area contributed by atoms with Gasteiger partial charge in [0.15, 0.2) is 0 Å². The molecule has 2 aliphatic rings. The standard InChI is InChI=1S/C14H24N2O3/c1-9(2)16-8-12(5-13(16)17)14(18)15-6-10(3)19-11(4)7-15/h9-12H,5-8H2,1-4H3/t10-,11-,12-/m1/s1. The van der Waals surface area contributed by atoms with Gasteiger partial charge in [-0.25, -0.2) is 0 Å². The van der Waals surface area contributed by atoms with E-state index < -0.39 is 0 Å². The number of hydrogen-bond acceptors (Lipinski definition) is 3. The van der Waals surface area contributed by atoms with E-state index in [0.717, 1.165) is 0 Å². The maximum Gasteiger partial charge on any atom is 0.228 e. The van der Waals surface area contributed by atoms with Gasteiger partial charge in [0, 0.05) is 32.1 Å². The molecule has 0 aromatic heterocycles. The van der Waals surface area contributed by atoms with Gasteiger partial charge < -0.3 is 14.5 Å². The Morgan fingerprint density at radius 1 is 1.21 bits per heavy atom. The topological polar surface area (TPSA) is 49.9 Å². The Balaban J connectivity index is 1.99. The number of ether oxygens (including phenoxy) is 1. The number of morpholine rings is 1. The van der Waals surface area contributed by atoms with Crippen LogP contribution in [0.1, 0.15) is 34.1 Å². The Labute approximate surface area is 114 Å². The lowest BCUT2D eigenvalue weighted by Gasteiger charge is -2.36. The molecule has 2 saturated heterocycles. The van der Waals surface area contributed by atoms with Gasteiger partial charge in [0.2, 0.25) is 11.8 Å². The van der Waals surface area contributed by atoms with Gasteiger partial charge in [0.25, 0.3) is 0 Å². The van der Waals surface area contributed by atoms with Gasteiger partial charge in [-0.1, -0.05) is 0 Å². The van der Waals surface area contributed by atoms with Crippen molar-refractivity contribution in [1.29, 1.82) is 0 Å². The molecule has 0 aliphatic carbocycles. The fraction of sp³-hybridized carbons (Fsp3) is 0.857. The van der Waals surface area contributed by atoms with Gasteiger partial charge >= 0.3 is 0 Å². The largest absolute Gasteiger partial charge is 0.372 e. The molecule has 2 aliphatic heterocycles. The Bertz CT molecular complexity index is 360. The van der Waals surface area contributed by atoms with E-state index in [4.69, 9.17) is 4.74 Å². The van der Waals surface area contributed by atoms with Gasteiger partial charge in [0.05, 0.1) is 18.1 Å². The van der Waals surface area contributed by atoms with E-state index in [-0.39, 0.29) is 36.0 Å². The summed E-state index contributed by atoms with van der Waals surface area (Å²) < 4.78 is 5.64. The molecule has 108 valence electrons. The van der Waals surface area contributed by atoms with Gasteiger partial charge in [-0.2, -0.15) is 0 Å². The summed E-state index contributed by atoms with van der Waals surface area (Å²) in [5.41, 5.74) is 0. The van der Waals surface area contributed by atoms with Crippen LogP contribution in [-0.4, -0.2) is 59.5 Å². The summed E-state index contributed by atoms with van der Waals surface area (Å²) in [6.45, 7) is 9.78. The summed E-state index contributed by atoms with van der Waals surface area (Å²) in [5, 5.41) is 0. The zero-order valence-corrected chi connectivity index (χ0v) is 12.3. The maximum absolute atomic E-state index is 12.5. The lowest BCUT2D eigenvalue weighted by molar-refractivity contribution is -0.147. The van der Waals surface area contributed by atoms with Crippen LogP contribution < -0.4 is 0 Å². The second-order valence-electron chi connectivity index (χ2n) is 6.04. The third-order valence-electron chi connectivity index (χ3n) is 3.86. The lowest BCUT2D eigenvalue weighted by Crippen LogP contribution is -2.50. The van der Waals surface area contributed by atoms with Crippen molar-refractivity contribution in [3.05, 3.63) is 0 Å². The van der Waals surface area contributed by atoms with E-state index in [1.54, 1.807) is 4.90 Å². The van der Waals surface area contributed by atoms with E-state index in [9.17, 15) is 9.59 Å². The normalized spacial score (nSPS) is 32.3. The number of likely N-dealkylation sites (tertiary alicyclic amines) is 1. The smallest absolute Gasteiger partial charge is 0.228 e. The predicted octanol–water partition coefficient (Wildman–Crippen LogP) is 0.879. The number of carbonyl (C=O) groups is 2. The van der Waals surface area contributed by atoms with Crippen LogP contribution in [0.4, 0.5) is 0 Å². The van der Waals surface area contributed by atoms with Gasteiger partial charge in [-0.15, -0.1) is 0 Å². The molecular weight excluding hydrogens is 244 g/mol. The molecule has 3 atom stereocenters. The number of hydrogen-bond donors (Lipinski definition) is 0. The fourth-order valence-corrected chi connectivity index (χ4v) is 3.01. The van der Waals surface area contributed by atoms with Crippen LogP contribution in [-0.2, 0) is 14.3 Å². The molecule has 2 rings (SSSR count). The molecule has 5 nitrogen and oxygen atoms in total. The van der Waals surface area contributed by atoms with Crippen LogP contribution in [0.15, 0.2) is 0 Å². The van der Waals surface area contributed by atoms with Crippen molar-refractivity contribution < 1.29 is 14.3 Å². The van der Waals surface area contributed by atoms with Gasteiger partial charge in [0.1, 0.15) is 0 Å². The molecule has 2 heterocycles.